The average Bonchev–Trinajstić information content (AvgIpc) is 3.40. The second-order valence-electron chi connectivity index (χ2n) is 7.74. The molecule has 4 rings (SSSR count). The highest BCUT2D eigenvalue weighted by atomic mass is 32.1. The van der Waals surface area contributed by atoms with Crippen LogP contribution in [0.2, 0.25) is 0 Å². The quantitative estimate of drug-likeness (QED) is 0.466. The van der Waals surface area contributed by atoms with E-state index >= 15 is 0 Å². The third-order valence-corrected chi connectivity index (χ3v) is 6.82. The molecule has 0 spiro atoms. The fourth-order valence-corrected chi connectivity index (χ4v) is 4.89. The molecular formula is C24H25FN4O3S. The van der Waals surface area contributed by atoms with Crippen LogP contribution in [0, 0.1) is 5.82 Å². The molecule has 1 fully saturated rings. The van der Waals surface area contributed by atoms with Gasteiger partial charge in [-0.2, -0.15) is 0 Å². The molecule has 1 aliphatic heterocycles. The van der Waals surface area contributed by atoms with Crippen LogP contribution in [0.4, 0.5) is 15.2 Å². The number of thiazole rings is 1. The lowest BCUT2D eigenvalue weighted by Crippen LogP contribution is -2.39. The van der Waals surface area contributed by atoms with Gasteiger partial charge in [0.05, 0.1) is 10.4 Å². The Labute approximate surface area is 195 Å². The zero-order valence-corrected chi connectivity index (χ0v) is 19.4. The number of anilines is 2. The van der Waals surface area contributed by atoms with E-state index in [0.29, 0.717) is 34.2 Å². The Bertz CT molecular complexity index is 1190. The summed E-state index contributed by atoms with van der Waals surface area (Å²) in [5.41, 5.74) is 0.951. The van der Waals surface area contributed by atoms with Gasteiger partial charge in [0.25, 0.3) is 5.91 Å². The standard InChI is InChI=1S/C24H25FN4O3S/c1-3-27(4-2)13-14-28(24-26-22-18(25)9-6-10-19(22)33-24)23(32)16-7-5-8-17(15-16)29-20(30)11-12-21(29)31/h5-10,15H,3-4,11-14H2,1-2H3. The van der Waals surface area contributed by atoms with Crippen LogP contribution in [0.25, 0.3) is 10.2 Å². The van der Waals surface area contributed by atoms with Crippen molar-refractivity contribution in [2.45, 2.75) is 26.7 Å². The van der Waals surface area contributed by atoms with Crippen LogP contribution in [0.5, 0.6) is 0 Å². The second kappa shape index (κ2) is 9.76. The van der Waals surface area contributed by atoms with E-state index in [9.17, 15) is 18.8 Å². The van der Waals surface area contributed by atoms with Gasteiger partial charge in [-0.1, -0.05) is 37.3 Å². The van der Waals surface area contributed by atoms with Gasteiger partial charge in [0.1, 0.15) is 11.3 Å². The molecule has 2 aromatic carbocycles. The van der Waals surface area contributed by atoms with Crippen molar-refractivity contribution >= 4 is 50.1 Å². The Hall–Kier alpha value is -3.17. The SMILES string of the molecule is CCN(CC)CCN(C(=O)c1cccc(N2C(=O)CCC2=O)c1)c1nc2c(F)cccc2s1. The summed E-state index contributed by atoms with van der Waals surface area (Å²) in [5.74, 6) is -1.30. The molecule has 0 aliphatic carbocycles. The normalized spacial score (nSPS) is 14.0. The molecule has 0 atom stereocenters. The molecule has 1 aromatic heterocycles. The summed E-state index contributed by atoms with van der Waals surface area (Å²) in [6.07, 6.45) is 0.342. The number of imide groups is 1. The minimum absolute atomic E-state index is 0.171. The van der Waals surface area contributed by atoms with Crippen molar-refractivity contribution in [2.75, 3.05) is 36.0 Å². The molecular weight excluding hydrogens is 443 g/mol. The maximum absolute atomic E-state index is 14.3. The molecule has 172 valence electrons. The summed E-state index contributed by atoms with van der Waals surface area (Å²) in [6.45, 7) is 6.77. The molecule has 1 aliphatic rings. The molecule has 7 nitrogen and oxygen atoms in total. The molecule has 1 saturated heterocycles. The Morgan fingerprint density at radius 3 is 2.42 bits per heavy atom. The first kappa shape index (κ1) is 23.0. The first-order chi connectivity index (χ1) is 15.9. The van der Waals surface area contributed by atoms with Gasteiger partial charge in [0.15, 0.2) is 5.13 Å². The Morgan fingerprint density at radius 1 is 1.06 bits per heavy atom. The predicted molar refractivity (Wildman–Crippen MR) is 127 cm³/mol. The van der Waals surface area contributed by atoms with Crippen molar-refractivity contribution < 1.29 is 18.8 Å². The molecule has 33 heavy (non-hydrogen) atoms. The first-order valence-corrected chi connectivity index (χ1v) is 11.8. The van der Waals surface area contributed by atoms with Crippen LogP contribution >= 0.6 is 11.3 Å². The molecule has 0 bridgehead atoms. The Balaban J connectivity index is 1.69. The number of hydrogen-bond acceptors (Lipinski definition) is 6. The van der Waals surface area contributed by atoms with Crippen molar-refractivity contribution in [3.8, 4) is 0 Å². The highest BCUT2D eigenvalue weighted by Gasteiger charge is 2.31. The number of carbonyl (C=O) groups excluding carboxylic acids is 3. The maximum Gasteiger partial charge on any atom is 0.260 e. The van der Waals surface area contributed by atoms with Gasteiger partial charge in [-0.15, -0.1) is 0 Å². The van der Waals surface area contributed by atoms with Crippen LogP contribution in [0.1, 0.15) is 37.0 Å². The summed E-state index contributed by atoms with van der Waals surface area (Å²) >= 11 is 1.26. The summed E-state index contributed by atoms with van der Waals surface area (Å²) in [6, 6.07) is 11.2. The number of amides is 3. The number of para-hydroxylation sites is 1. The van der Waals surface area contributed by atoms with Crippen LogP contribution in [-0.2, 0) is 9.59 Å². The maximum atomic E-state index is 14.3. The molecule has 0 saturated carbocycles. The topological polar surface area (TPSA) is 73.8 Å². The lowest BCUT2D eigenvalue weighted by atomic mass is 10.1. The van der Waals surface area contributed by atoms with Crippen LogP contribution < -0.4 is 9.80 Å². The van der Waals surface area contributed by atoms with Crippen LogP contribution in [0.15, 0.2) is 42.5 Å². The van der Waals surface area contributed by atoms with Gasteiger partial charge in [-0.3, -0.25) is 24.2 Å². The number of hydrogen-bond donors (Lipinski definition) is 0. The summed E-state index contributed by atoms with van der Waals surface area (Å²) in [7, 11) is 0. The number of aromatic nitrogens is 1. The Morgan fingerprint density at radius 2 is 1.76 bits per heavy atom. The monoisotopic (exact) mass is 468 g/mol. The number of fused-ring (bicyclic) bond motifs is 1. The number of rotatable bonds is 8. The largest absolute Gasteiger partial charge is 0.302 e. The zero-order valence-electron chi connectivity index (χ0n) is 18.6. The van der Waals surface area contributed by atoms with Gasteiger partial charge in [-0.25, -0.2) is 9.37 Å². The van der Waals surface area contributed by atoms with E-state index in [4.69, 9.17) is 0 Å². The molecule has 0 unspecified atom stereocenters. The van der Waals surface area contributed by atoms with Gasteiger partial charge in [0.2, 0.25) is 11.8 Å². The summed E-state index contributed by atoms with van der Waals surface area (Å²) in [5, 5.41) is 0.408. The van der Waals surface area contributed by atoms with Gasteiger partial charge >= 0.3 is 0 Å². The van der Waals surface area contributed by atoms with Gasteiger partial charge in [-0.05, 0) is 43.4 Å². The number of benzene rings is 2. The fourth-order valence-electron chi connectivity index (χ4n) is 3.88. The highest BCUT2D eigenvalue weighted by Crippen LogP contribution is 2.32. The molecule has 9 heteroatoms. The number of carbonyl (C=O) groups is 3. The Kier molecular flexibility index (Phi) is 6.80. The van der Waals surface area contributed by atoms with Gasteiger partial charge < -0.3 is 4.90 Å². The summed E-state index contributed by atoms with van der Waals surface area (Å²) in [4.78, 5) is 47.2. The first-order valence-electron chi connectivity index (χ1n) is 11.0. The minimum Gasteiger partial charge on any atom is -0.302 e. The zero-order chi connectivity index (χ0) is 23.5. The minimum atomic E-state index is -0.431. The van der Waals surface area contributed by atoms with Crippen LogP contribution in [-0.4, -0.2) is 53.8 Å². The van der Waals surface area contributed by atoms with E-state index in [1.807, 2.05) is 0 Å². The van der Waals surface area contributed by atoms with Crippen LogP contribution in [0.3, 0.4) is 0 Å². The van der Waals surface area contributed by atoms with Crippen molar-refractivity contribution in [1.29, 1.82) is 0 Å². The number of likely N-dealkylation sites (N-methyl/N-ethyl adjacent to an activating group) is 1. The van der Waals surface area contributed by atoms with E-state index in [2.05, 4.69) is 23.7 Å². The third-order valence-electron chi connectivity index (χ3n) is 5.77. The van der Waals surface area contributed by atoms with E-state index in [1.165, 1.54) is 17.4 Å². The van der Waals surface area contributed by atoms with E-state index in [1.54, 1.807) is 41.3 Å². The van der Waals surface area contributed by atoms with Gasteiger partial charge in [0, 0.05) is 31.5 Å². The van der Waals surface area contributed by atoms with Crippen molar-refractivity contribution in [3.05, 3.63) is 53.8 Å². The average molecular weight is 469 g/mol. The van der Waals surface area contributed by atoms with Crippen molar-refractivity contribution in [1.82, 2.24) is 9.88 Å². The fraction of sp³-hybridized carbons (Fsp3) is 0.333. The molecule has 3 aromatic rings. The van der Waals surface area contributed by atoms with Crippen molar-refractivity contribution in [2.24, 2.45) is 0 Å². The predicted octanol–water partition coefficient (Wildman–Crippen LogP) is 4.08. The lowest BCUT2D eigenvalue weighted by Gasteiger charge is -2.25. The lowest BCUT2D eigenvalue weighted by molar-refractivity contribution is -0.121. The molecule has 3 amide bonds. The second-order valence-corrected chi connectivity index (χ2v) is 8.75. The summed E-state index contributed by atoms with van der Waals surface area (Å²) < 4.78 is 14.9. The third kappa shape index (κ3) is 4.65. The van der Waals surface area contributed by atoms with E-state index in [0.717, 1.165) is 18.0 Å². The molecule has 2 heterocycles. The number of halogens is 1. The number of nitrogens with zero attached hydrogens (tertiary/aromatic N) is 4. The highest BCUT2D eigenvalue weighted by molar-refractivity contribution is 7.22. The molecule has 0 N–H and O–H groups in total. The van der Waals surface area contributed by atoms with Crippen molar-refractivity contribution in [3.63, 3.8) is 0 Å². The smallest absolute Gasteiger partial charge is 0.260 e. The molecule has 0 radical (unpaired) electrons. The van der Waals surface area contributed by atoms with E-state index in [-0.39, 0.29) is 36.1 Å². The van der Waals surface area contributed by atoms with E-state index < -0.39 is 5.82 Å².